The van der Waals surface area contributed by atoms with Gasteiger partial charge in [-0.15, -0.1) is 0 Å². The Labute approximate surface area is 123 Å². The van der Waals surface area contributed by atoms with Gasteiger partial charge in [0.1, 0.15) is 0 Å². The smallest absolute Gasteiger partial charge is 0.287 e. The third kappa shape index (κ3) is 2.60. The van der Waals surface area contributed by atoms with Crippen molar-refractivity contribution in [2.24, 2.45) is 0 Å². The molecule has 0 saturated carbocycles. The lowest BCUT2D eigenvalue weighted by Crippen LogP contribution is -2.22. The van der Waals surface area contributed by atoms with E-state index in [2.05, 4.69) is 26.6 Å². The van der Waals surface area contributed by atoms with Crippen LogP contribution in [0.3, 0.4) is 0 Å². The Balaban J connectivity index is 1.66. The quantitative estimate of drug-likeness (QED) is 0.905. The third-order valence-corrected chi connectivity index (χ3v) is 3.47. The van der Waals surface area contributed by atoms with Gasteiger partial charge in [0.05, 0.1) is 6.42 Å². The maximum Gasteiger partial charge on any atom is 0.287 e. The molecule has 1 aromatic carbocycles. The fourth-order valence-corrected chi connectivity index (χ4v) is 2.40. The van der Waals surface area contributed by atoms with Gasteiger partial charge in [0.25, 0.3) is 5.91 Å². The van der Waals surface area contributed by atoms with E-state index < -0.39 is 0 Å². The van der Waals surface area contributed by atoms with E-state index in [0.717, 1.165) is 16.8 Å². The second kappa shape index (κ2) is 5.13. The van der Waals surface area contributed by atoms with Crippen LogP contribution in [0.25, 0.3) is 0 Å². The van der Waals surface area contributed by atoms with Crippen LogP contribution in [0.4, 0.5) is 5.69 Å². The van der Waals surface area contributed by atoms with E-state index >= 15 is 0 Å². The highest BCUT2D eigenvalue weighted by molar-refractivity contribution is 9.10. The molecule has 2 N–H and O–H groups in total. The van der Waals surface area contributed by atoms with Crippen LogP contribution in [0.2, 0.25) is 0 Å². The average Bonchev–Trinajstić information content (AvgIpc) is 3.00. The van der Waals surface area contributed by atoms with Crippen molar-refractivity contribution in [1.29, 1.82) is 0 Å². The van der Waals surface area contributed by atoms with Crippen LogP contribution in [0.1, 0.15) is 21.7 Å². The molecule has 6 heteroatoms. The number of benzene rings is 1. The van der Waals surface area contributed by atoms with Crippen LogP contribution < -0.4 is 10.6 Å². The summed E-state index contributed by atoms with van der Waals surface area (Å²) in [5.41, 5.74) is 2.75. The van der Waals surface area contributed by atoms with Crippen molar-refractivity contribution >= 4 is 33.4 Å². The third-order valence-electron chi connectivity index (χ3n) is 3.04. The molecule has 0 saturated heterocycles. The van der Waals surface area contributed by atoms with E-state index in [1.54, 1.807) is 12.1 Å². The van der Waals surface area contributed by atoms with Gasteiger partial charge in [-0.3, -0.25) is 9.59 Å². The number of fused-ring (bicyclic) bond motifs is 1. The number of halogens is 1. The molecule has 3 rings (SSSR count). The van der Waals surface area contributed by atoms with Crippen molar-refractivity contribution in [3.05, 3.63) is 51.9 Å². The van der Waals surface area contributed by atoms with Gasteiger partial charge in [-0.1, -0.05) is 12.1 Å². The van der Waals surface area contributed by atoms with Gasteiger partial charge in [0.2, 0.25) is 5.91 Å². The summed E-state index contributed by atoms with van der Waals surface area (Å²) < 4.78 is 5.69. The predicted octanol–water partition coefficient (Wildman–Crippen LogP) is 2.47. The first-order valence-electron chi connectivity index (χ1n) is 6.07. The average molecular weight is 335 g/mol. The minimum atomic E-state index is -0.273. The molecule has 102 valence electrons. The van der Waals surface area contributed by atoms with Gasteiger partial charge in [0, 0.05) is 12.2 Å². The predicted molar refractivity (Wildman–Crippen MR) is 76.4 cm³/mol. The van der Waals surface area contributed by atoms with Crippen LogP contribution in [0.5, 0.6) is 0 Å². The maximum absolute atomic E-state index is 11.8. The first kappa shape index (κ1) is 12.9. The Hall–Kier alpha value is -2.08. The topological polar surface area (TPSA) is 71.3 Å². The van der Waals surface area contributed by atoms with Crippen LogP contribution in [-0.2, 0) is 17.8 Å². The summed E-state index contributed by atoms with van der Waals surface area (Å²) in [6.45, 7) is 0.388. The van der Waals surface area contributed by atoms with Crippen molar-refractivity contribution in [3.8, 4) is 0 Å². The van der Waals surface area contributed by atoms with E-state index in [-0.39, 0.29) is 17.6 Å². The number of anilines is 1. The molecule has 2 aromatic rings. The van der Waals surface area contributed by atoms with Crippen LogP contribution in [0, 0.1) is 0 Å². The van der Waals surface area contributed by atoms with Gasteiger partial charge in [0.15, 0.2) is 10.4 Å². The van der Waals surface area contributed by atoms with E-state index in [1.165, 1.54) is 0 Å². The summed E-state index contributed by atoms with van der Waals surface area (Å²) in [6.07, 6.45) is 0.391. The van der Waals surface area contributed by atoms with E-state index in [9.17, 15) is 9.59 Å². The van der Waals surface area contributed by atoms with E-state index in [0.29, 0.717) is 17.6 Å². The normalized spacial score (nSPS) is 12.9. The minimum Gasteiger partial charge on any atom is -0.444 e. The zero-order chi connectivity index (χ0) is 14.1. The van der Waals surface area contributed by atoms with Crippen molar-refractivity contribution in [3.63, 3.8) is 0 Å². The molecule has 0 bridgehead atoms. The summed E-state index contributed by atoms with van der Waals surface area (Å²) >= 11 is 3.15. The maximum atomic E-state index is 11.8. The largest absolute Gasteiger partial charge is 0.444 e. The summed E-state index contributed by atoms with van der Waals surface area (Å²) in [5, 5.41) is 5.54. The number of hydrogen-bond donors (Lipinski definition) is 2. The molecule has 0 aliphatic carbocycles. The van der Waals surface area contributed by atoms with Crippen LogP contribution in [0.15, 0.2) is 39.4 Å². The molecule has 1 aliphatic rings. The molecule has 0 radical (unpaired) electrons. The zero-order valence-corrected chi connectivity index (χ0v) is 12.0. The Morgan fingerprint density at radius 2 is 2.20 bits per heavy atom. The fourth-order valence-electron chi connectivity index (χ4n) is 2.10. The van der Waals surface area contributed by atoms with Crippen LogP contribution in [-0.4, -0.2) is 11.8 Å². The van der Waals surface area contributed by atoms with Gasteiger partial charge in [-0.25, -0.2) is 0 Å². The number of amides is 2. The molecule has 1 aromatic heterocycles. The SMILES string of the molecule is O=C1Cc2cc(CNC(=O)c3ccc(Br)o3)ccc2N1. The molecular weight excluding hydrogens is 324 g/mol. The van der Waals surface area contributed by atoms with Crippen molar-refractivity contribution in [1.82, 2.24) is 5.32 Å². The lowest BCUT2D eigenvalue weighted by Gasteiger charge is -2.05. The second-order valence-corrected chi connectivity index (χ2v) is 5.28. The second-order valence-electron chi connectivity index (χ2n) is 4.50. The monoisotopic (exact) mass is 334 g/mol. The Bertz CT molecular complexity index is 693. The lowest BCUT2D eigenvalue weighted by molar-refractivity contribution is -0.115. The fraction of sp³-hybridized carbons (Fsp3) is 0.143. The molecule has 2 amide bonds. The minimum absolute atomic E-state index is 0.00150. The molecule has 0 spiro atoms. The molecule has 0 unspecified atom stereocenters. The number of hydrogen-bond acceptors (Lipinski definition) is 3. The van der Waals surface area contributed by atoms with Crippen molar-refractivity contribution in [2.45, 2.75) is 13.0 Å². The molecule has 2 heterocycles. The Kier molecular flexibility index (Phi) is 3.31. The van der Waals surface area contributed by atoms with Crippen molar-refractivity contribution in [2.75, 3.05) is 5.32 Å². The molecule has 1 aliphatic heterocycles. The highest BCUT2D eigenvalue weighted by Crippen LogP contribution is 2.23. The highest BCUT2D eigenvalue weighted by Gasteiger charge is 2.17. The molecule has 20 heavy (non-hydrogen) atoms. The Morgan fingerprint density at radius 3 is 2.95 bits per heavy atom. The number of carbonyl (C=O) groups is 2. The van der Waals surface area contributed by atoms with E-state index in [1.807, 2.05) is 18.2 Å². The van der Waals surface area contributed by atoms with Crippen molar-refractivity contribution < 1.29 is 14.0 Å². The Morgan fingerprint density at radius 1 is 1.35 bits per heavy atom. The van der Waals surface area contributed by atoms with E-state index in [4.69, 9.17) is 4.42 Å². The van der Waals surface area contributed by atoms with Crippen LogP contribution >= 0.6 is 15.9 Å². The highest BCUT2D eigenvalue weighted by atomic mass is 79.9. The van der Waals surface area contributed by atoms with Gasteiger partial charge < -0.3 is 15.1 Å². The zero-order valence-electron chi connectivity index (χ0n) is 10.4. The number of rotatable bonds is 3. The van der Waals surface area contributed by atoms with Gasteiger partial charge >= 0.3 is 0 Å². The number of carbonyl (C=O) groups excluding carboxylic acids is 2. The summed E-state index contributed by atoms with van der Waals surface area (Å²) in [4.78, 5) is 23.1. The molecular formula is C14H11BrN2O3. The van der Waals surface area contributed by atoms with Gasteiger partial charge in [-0.2, -0.15) is 0 Å². The summed E-state index contributed by atoms with van der Waals surface area (Å²) in [7, 11) is 0. The summed E-state index contributed by atoms with van der Waals surface area (Å²) in [6, 6.07) is 8.92. The molecule has 0 fully saturated rings. The van der Waals surface area contributed by atoms with Gasteiger partial charge in [-0.05, 0) is 45.3 Å². The summed E-state index contributed by atoms with van der Waals surface area (Å²) in [5.74, 6) is -0.0121. The number of nitrogens with one attached hydrogen (secondary N) is 2. The lowest BCUT2D eigenvalue weighted by atomic mass is 10.1. The number of furan rings is 1. The first-order valence-corrected chi connectivity index (χ1v) is 6.86. The first-order chi connectivity index (χ1) is 9.61. The standard InChI is InChI=1S/C14H11BrN2O3/c15-12-4-3-11(20-12)14(19)16-7-8-1-2-10-9(5-8)6-13(18)17-10/h1-5H,6-7H2,(H,16,19)(H,17,18). The molecule has 5 nitrogen and oxygen atoms in total. The molecule has 0 atom stereocenters.